The first-order valence-corrected chi connectivity index (χ1v) is 6.13. The van der Waals surface area contributed by atoms with Crippen LogP contribution >= 0.6 is 0 Å². The number of rotatable bonds is 5. The Morgan fingerprint density at radius 1 is 1.52 bits per heavy atom. The van der Waals surface area contributed by atoms with Crippen LogP contribution in [0.4, 0.5) is 11.5 Å². The summed E-state index contributed by atoms with van der Waals surface area (Å²) < 4.78 is 1.83. The molecule has 9 nitrogen and oxygen atoms in total. The number of carbonyl (C=O) groups is 1. The molecule has 0 aliphatic heterocycles. The van der Waals surface area contributed by atoms with Gasteiger partial charge < -0.3 is 15.6 Å². The summed E-state index contributed by atoms with van der Waals surface area (Å²) in [6.45, 7) is 0.309. The van der Waals surface area contributed by atoms with Crippen LogP contribution in [0.25, 0.3) is 0 Å². The average Bonchev–Trinajstić information content (AvgIpc) is 2.84. The number of nitrogens with one attached hydrogen (secondary N) is 1. The second-order valence-electron chi connectivity index (χ2n) is 4.34. The maximum absolute atomic E-state index is 12.0. The van der Waals surface area contributed by atoms with Crippen LogP contribution in [0.15, 0.2) is 24.7 Å². The fourth-order valence-corrected chi connectivity index (χ4v) is 1.81. The molecule has 1 amide bonds. The smallest absolute Gasteiger partial charge is 0.300 e. The van der Waals surface area contributed by atoms with Gasteiger partial charge in [0.1, 0.15) is 23.4 Å². The second-order valence-corrected chi connectivity index (χ2v) is 4.34. The van der Waals surface area contributed by atoms with Crippen molar-refractivity contribution in [3.05, 3.63) is 46.2 Å². The highest BCUT2D eigenvalue weighted by atomic mass is 16.6. The number of hydrogen-bond donors (Lipinski definition) is 2. The van der Waals surface area contributed by atoms with E-state index in [1.807, 2.05) is 11.6 Å². The van der Waals surface area contributed by atoms with Crippen molar-refractivity contribution in [2.24, 2.45) is 7.05 Å². The molecule has 0 spiro atoms. The van der Waals surface area contributed by atoms with E-state index in [0.717, 1.165) is 12.0 Å². The lowest BCUT2D eigenvalue weighted by molar-refractivity contribution is -0.385. The molecule has 0 unspecified atom stereocenters. The molecule has 0 bridgehead atoms. The molecule has 0 fully saturated rings. The minimum Gasteiger partial charge on any atom is -0.384 e. The first-order valence-electron chi connectivity index (χ1n) is 6.13. The Balaban J connectivity index is 2.05. The van der Waals surface area contributed by atoms with E-state index in [9.17, 15) is 14.9 Å². The van der Waals surface area contributed by atoms with E-state index in [2.05, 4.69) is 15.3 Å². The molecule has 0 aliphatic carbocycles. The molecule has 0 atom stereocenters. The Hall–Kier alpha value is -2.97. The summed E-state index contributed by atoms with van der Waals surface area (Å²) in [5.41, 5.74) is 4.98. The van der Waals surface area contributed by atoms with Crippen molar-refractivity contribution < 1.29 is 9.72 Å². The Kier molecular flexibility index (Phi) is 4.12. The normalized spacial score (nSPS) is 10.3. The molecule has 0 saturated carbocycles. The number of hydrogen-bond acceptors (Lipinski definition) is 6. The summed E-state index contributed by atoms with van der Waals surface area (Å²) in [5, 5.41) is 13.5. The largest absolute Gasteiger partial charge is 0.384 e. The molecule has 9 heteroatoms. The molecule has 2 aromatic rings. The van der Waals surface area contributed by atoms with Gasteiger partial charge in [-0.25, -0.2) is 9.97 Å². The summed E-state index contributed by atoms with van der Waals surface area (Å²) in [7, 11) is 1.85. The van der Waals surface area contributed by atoms with Gasteiger partial charge in [-0.05, 0) is 6.07 Å². The first kappa shape index (κ1) is 14.4. The fourth-order valence-electron chi connectivity index (χ4n) is 1.81. The van der Waals surface area contributed by atoms with Crippen molar-refractivity contribution in [1.29, 1.82) is 0 Å². The van der Waals surface area contributed by atoms with Gasteiger partial charge in [-0.2, -0.15) is 0 Å². The quantitative estimate of drug-likeness (QED) is 0.601. The van der Waals surface area contributed by atoms with Crippen molar-refractivity contribution in [1.82, 2.24) is 19.9 Å². The summed E-state index contributed by atoms with van der Waals surface area (Å²) in [6, 6.07) is 1.19. The second kappa shape index (κ2) is 5.99. The lowest BCUT2D eigenvalue weighted by Crippen LogP contribution is -2.27. The van der Waals surface area contributed by atoms with E-state index in [4.69, 9.17) is 5.73 Å². The molecule has 0 radical (unpaired) electrons. The molecule has 0 aliphatic rings. The summed E-state index contributed by atoms with van der Waals surface area (Å²) in [4.78, 5) is 30.0. The predicted octanol–water partition coefficient (Wildman–Crippen LogP) is 0.278. The summed E-state index contributed by atoms with van der Waals surface area (Å²) in [6.07, 6.45) is 4.95. The van der Waals surface area contributed by atoms with Crippen LogP contribution in [0.5, 0.6) is 0 Å². The van der Waals surface area contributed by atoms with Gasteiger partial charge in [-0.3, -0.25) is 14.9 Å². The number of nitrogens with two attached hydrogens (primary N) is 1. The van der Waals surface area contributed by atoms with E-state index < -0.39 is 10.8 Å². The summed E-state index contributed by atoms with van der Waals surface area (Å²) >= 11 is 0. The predicted molar refractivity (Wildman–Crippen MR) is 74.5 cm³/mol. The van der Waals surface area contributed by atoms with E-state index in [1.54, 1.807) is 12.4 Å². The number of nitrogens with zero attached hydrogens (tertiary/aromatic N) is 4. The molecular weight excluding hydrogens is 276 g/mol. The van der Waals surface area contributed by atoms with Crippen molar-refractivity contribution in [2.45, 2.75) is 6.42 Å². The minimum absolute atomic E-state index is 0.0508. The van der Waals surface area contributed by atoms with Gasteiger partial charge in [0.05, 0.1) is 4.92 Å². The van der Waals surface area contributed by atoms with Crippen LogP contribution in [0.3, 0.4) is 0 Å². The lowest BCUT2D eigenvalue weighted by atomic mass is 10.2. The Bertz CT molecular complexity index is 681. The molecule has 3 N–H and O–H groups in total. The number of nitro groups is 1. The van der Waals surface area contributed by atoms with Crippen LogP contribution in [0.2, 0.25) is 0 Å². The minimum atomic E-state index is -0.667. The third-order valence-electron chi connectivity index (χ3n) is 2.90. The van der Waals surface area contributed by atoms with Crippen LogP contribution < -0.4 is 11.1 Å². The highest BCUT2D eigenvalue weighted by Gasteiger charge is 2.20. The van der Waals surface area contributed by atoms with Gasteiger partial charge in [0, 0.05) is 32.4 Å². The van der Waals surface area contributed by atoms with Gasteiger partial charge in [0.2, 0.25) is 0 Å². The zero-order valence-electron chi connectivity index (χ0n) is 11.3. The molecular formula is C12H14N6O3. The molecule has 2 rings (SSSR count). The monoisotopic (exact) mass is 290 g/mol. The molecule has 2 heterocycles. The highest BCUT2D eigenvalue weighted by Crippen LogP contribution is 2.18. The van der Waals surface area contributed by atoms with E-state index in [1.165, 1.54) is 6.07 Å². The number of anilines is 1. The van der Waals surface area contributed by atoms with E-state index >= 15 is 0 Å². The molecule has 110 valence electrons. The first-order chi connectivity index (χ1) is 9.99. The number of pyridine rings is 1. The molecule has 2 aromatic heterocycles. The molecule has 0 aromatic carbocycles. The molecule has 21 heavy (non-hydrogen) atoms. The number of amides is 1. The number of nitrogen functional groups attached to an aromatic ring is 1. The van der Waals surface area contributed by atoms with Crippen molar-refractivity contribution >= 4 is 17.4 Å². The van der Waals surface area contributed by atoms with Crippen molar-refractivity contribution in [2.75, 3.05) is 12.3 Å². The maximum atomic E-state index is 12.0. The number of aryl methyl sites for hydroxylation is 1. The third kappa shape index (κ3) is 3.32. The van der Waals surface area contributed by atoms with Gasteiger partial charge in [-0.1, -0.05) is 0 Å². The van der Waals surface area contributed by atoms with Gasteiger partial charge in [0.15, 0.2) is 0 Å². The Morgan fingerprint density at radius 2 is 2.29 bits per heavy atom. The zero-order valence-corrected chi connectivity index (χ0v) is 11.3. The fraction of sp³-hybridized carbons (Fsp3) is 0.250. The van der Waals surface area contributed by atoms with Crippen LogP contribution in [0, 0.1) is 10.1 Å². The number of carbonyl (C=O) groups excluding carboxylic acids is 1. The number of aromatic nitrogens is 3. The highest BCUT2D eigenvalue weighted by molar-refractivity contribution is 5.98. The van der Waals surface area contributed by atoms with Crippen molar-refractivity contribution in [3.8, 4) is 0 Å². The van der Waals surface area contributed by atoms with Crippen LogP contribution in [0.1, 0.15) is 16.2 Å². The summed E-state index contributed by atoms with van der Waals surface area (Å²) in [5.74, 6) is 0.291. The van der Waals surface area contributed by atoms with Crippen LogP contribution in [-0.2, 0) is 13.5 Å². The van der Waals surface area contributed by atoms with Gasteiger partial charge in [0.25, 0.3) is 11.6 Å². The SMILES string of the molecule is Cn1ccnc1CCNC(=O)c1cc(N)ncc1[N+](=O)[O-]. The Morgan fingerprint density at radius 3 is 2.90 bits per heavy atom. The lowest BCUT2D eigenvalue weighted by Gasteiger charge is -2.06. The average molecular weight is 290 g/mol. The number of imidazole rings is 1. The topological polar surface area (TPSA) is 129 Å². The zero-order chi connectivity index (χ0) is 15.4. The Labute approximate surface area is 120 Å². The van der Waals surface area contributed by atoms with Crippen molar-refractivity contribution in [3.63, 3.8) is 0 Å². The standard InChI is InChI=1S/C12H14N6O3/c1-17-5-4-14-11(17)2-3-15-12(19)8-6-10(13)16-7-9(8)18(20)21/h4-7H,2-3H2,1H3,(H2,13,16)(H,15,19). The maximum Gasteiger partial charge on any atom is 0.300 e. The van der Waals surface area contributed by atoms with Crippen LogP contribution in [-0.4, -0.2) is 31.9 Å². The molecule has 0 saturated heterocycles. The van der Waals surface area contributed by atoms with E-state index in [-0.39, 0.29) is 17.1 Å². The third-order valence-corrected chi connectivity index (χ3v) is 2.90. The van der Waals surface area contributed by atoms with Gasteiger partial charge >= 0.3 is 0 Å². The van der Waals surface area contributed by atoms with Gasteiger partial charge in [-0.15, -0.1) is 0 Å². The van der Waals surface area contributed by atoms with E-state index in [0.29, 0.717) is 13.0 Å².